The van der Waals surface area contributed by atoms with Crippen LogP contribution >= 0.6 is 0 Å². The van der Waals surface area contributed by atoms with Gasteiger partial charge in [0.2, 0.25) is 0 Å². The van der Waals surface area contributed by atoms with E-state index < -0.39 is 17.5 Å². The van der Waals surface area contributed by atoms with Crippen molar-refractivity contribution in [1.29, 1.82) is 0 Å². The van der Waals surface area contributed by atoms with Crippen molar-refractivity contribution < 1.29 is 18.3 Å². The Labute approximate surface area is 114 Å². The van der Waals surface area contributed by atoms with E-state index in [1.807, 2.05) is 0 Å². The van der Waals surface area contributed by atoms with Crippen LogP contribution < -0.4 is 15.8 Å². The van der Waals surface area contributed by atoms with Gasteiger partial charge in [-0.05, 0) is 36.4 Å². The minimum Gasteiger partial charge on any atom is -0.494 e. The maximum Gasteiger partial charge on any atom is 0.255 e. The lowest BCUT2D eigenvalue weighted by Crippen LogP contribution is -2.13. The van der Waals surface area contributed by atoms with E-state index in [4.69, 9.17) is 10.5 Å². The normalized spacial score (nSPS) is 10.2. The number of anilines is 2. The first-order valence-electron chi connectivity index (χ1n) is 5.71. The summed E-state index contributed by atoms with van der Waals surface area (Å²) in [5.74, 6) is -1.69. The predicted octanol–water partition coefficient (Wildman–Crippen LogP) is 2.81. The highest BCUT2D eigenvalue weighted by atomic mass is 19.1. The van der Waals surface area contributed by atoms with Gasteiger partial charge in [0.1, 0.15) is 5.82 Å². The van der Waals surface area contributed by atoms with E-state index in [-0.39, 0.29) is 22.7 Å². The molecule has 20 heavy (non-hydrogen) atoms. The number of nitrogens with one attached hydrogen (secondary N) is 1. The van der Waals surface area contributed by atoms with Crippen molar-refractivity contribution in [3.8, 4) is 5.75 Å². The number of methoxy groups -OCH3 is 1. The maximum atomic E-state index is 13.3. The summed E-state index contributed by atoms with van der Waals surface area (Å²) in [5.41, 5.74) is 6.18. The molecule has 3 N–H and O–H groups in total. The number of carbonyl (C=O) groups excluding carboxylic acids is 1. The lowest BCUT2D eigenvalue weighted by molar-refractivity contribution is 0.102. The number of carbonyl (C=O) groups is 1. The molecule has 4 nitrogen and oxygen atoms in total. The van der Waals surface area contributed by atoms with Gasteiger partial charge >= 0.3 is 0 Å². The number of hydrogen-bond donors (Lipinski definition) is 2. The summed E-state index contributed by atoms with van der Waals surface area (Å²) in [7, 11) is 1.30. The fourth-order valence-electron chi connectivity index (χ4n) is 1.63. The monoisotopic (exact) mass is 278 g/mol. The van der Waals surface area contributed by atoms with E-state index in [1.165, 1.54) is 31.4 Å². The molecule has 6 heteroatoms. The van der Waals surface area contributed by atoms with Crippen LogP contribution in [-0.2, 0) is 0 Å². The van der Waals surface area contributed by atoms with Crippen molar-refractivity contribution in [3.63, 3.8) is 0 Å². The third kappa shape index (κ3) is 2.85. The van der Waals surface area contributed by atoms with E-state index in [0.717, 1.165) is 12.1 Å². The second-order valence-corrected chi connectivity index (χ2v) is 4.04. The fraction of sp³-hybridized carbons (Fsp3) is 0.0714. The van der Waals surface area contributed by atoms with Crippen molar-refractivity contribution in [3.05, 3.63) is 53.6 Å². The van der Waals surface area contributed by atoms with Crippen LogP contribution in [0, 0.1) is 11.6 Å². The number of nitrogen functional groups attached to an aromatic ring is 1. The first-order chi connectivity index (χ1) is 9.51. The molecule has 0 atom stereocenters. The summed E-state index contributed by atoms with van der Waals surface area (Å²) in [6.45, 7) is 0. The Balaban J connectivity index is 2.26. The van der Waals surface area contributed by atoms with Crippen molar-refractivity contribution >= 4 is 17.3 Å². The zero-order valence-electron chi connectivity index (χ0n) is 10.6. The standard InChI is InChI=1S/C14H12F2N2O2/c1-20-13-6-8(2-4-10(13)16)14(19)18-12-7-9(15)3-5-11(12)17/h2-7H,17H2,1H3,(H,18,19). The van der Waals surface area contributed by atoms with Crippen LogP contribution in [0.4, 0.5) is 20.2 Å². The van der Waals surface area contributed by atoms with E-state index >= 15 is 0 Å². The SMILES string of the molecule is COc1cc(C(=O)Nc2cc(F)ccc2N)ccc1F. The molecule has 0 saturated heterocycles. The molecule has 0 aliphatic carbocycles. The molecule has 1 amide bonds. The van der Waals surface area contributed by atoms with Crippen molar-refractivity contribution in [1.82, 2.24) is 0 Å². The van der Waals surface area contributed by atoms with E-state index in [0.29, 0.717) is 0 Å². The second-order valence-electron chi connectivity index (χ2n) is 4.04. The Morgan fingerprint density at radius 1 is 1.20 bits per heavy atom. The molecule has 0 aliphatic heterocycles. The number of hydrogen-bond acceptors (Lipinski definition) is 3. The van der Waals surface area contributed by atoms with Crippen LogP contribution in [-0.4, -0.2) is 13.0 Å². The quantitative estimate of drug-likeness (QED) is 0.848. The Bertz CT molecular complexity index is 660. The zero-order valence-corrected chi connectivity index (χ0v) is 10.6. The van der Waals surface area contributed by atoms with Crippen LogP contribution in [0.3, 0.4) is 0 Å². The lowest BCUT2D eigenvalue weighted by atomic mass is 10.2. The summed E-state index contributed by atoms with van der Waals surface area (Å²) < 4.78 is 31.1. The van der Waals surface area contributed by atoms with Crippen molar-refractivity contribution in [2.24, 2.45) is 0 Å². The van der Waals surface area contributed by atoms with E-state index in [9.17, 15) is 13.6 Å². The molecule has 0 radical (unpaired) electrons. The molecule has 104 valence electrons. The molecular weight excluding hydrogens is 266 g/mol. The molecular formula is C14H12F2N2O2. The van der Waals surface area contributed by atoms with Gasteiger partial charge in [0.05, 0.1) is 18.5 Å². The van der Waals surface area contributed by atoms with Crippen molar-refractivity contribution in [2.75, 3.05) is 18.2 Å². The highest BCUT2D eigenvalue weighted by Crippen LogP contribution is 2.22. The zero-order chi connectivity index (χ0) is 14.7. The fourth-order valence-corrected chi connectivity index (χ4v) is 1.63. The highest BCUT2D eigenvalue weighted by molar-refractivity contribution is 6.05. The van der Waals surface area contributed by atoms with Gasteiger partial charge in [0, 0.05) is 5.56 Å². The van der Waals surface area contributed by atoms with E-state index in [2.05, 4.69) is 5.32 Å². The minimum atomic E-state index is -0.575. The highest BCUT2D eigenvalue weighted by Gasteiger charge is 2.12. The number of benzene rings is 2. The molecule has 0 heterocycles. The van der Waals surface area contributed by atoms with Gasteiger partial charge in [-0.3, -0.25) is 4.79 Å². The smallest absolute Gasteiger partial charge is 0.255 e. The third-order valence-electron chi connectivity index (χ3n) is 2.68. The molecule has 0 fully saturated rings. The van der Waals surface area contributed by atoms with Crippen LogP contribution in [0.5, 0.6) is 5.75 Å². The average Bonchev–Trinajstić information content (AvgIpc) is 2.43. The number of ether oxygens (including phenoxy) is 1. The predicted molar refractivity (Wildman–Crippen MR) is 71.7 cm³/mol. The van der Waals surface area contributed by atoms with Gasteiger partial charge in [-0.25, -0.2) is 8.78 Å². The van der Waals surface area contributed by atoms with Gasteiger partial charge in [-0.1, -0.05) is 0 Å². The van der Waals surface area contributed by atoms with Crippen LogP contribution in [0.2, 0.25) is 0 Å². The van der Waals surface area contributed by atoms with Crippen LogP contribution in [0.15, 0.2) is 36.4 Å². The Morgan fingerprint density at radius 3 is 2.65 bits per heavy atom. The summed E-state index contributed by atoms with van der Waals surface area (Å²) >= 11 is 0. The summed E-state index contributed by atoms with van der Waals surface area (Å²) in [5, 5.41) is 2.46. The number of halogens is 2. The van der Waals surface area contributed by atoms with Gasteiger partial charge in [-0.2, -0.15) is 0 Å². The van der Waals surface area contributed by atoms with Crippen LogP contribution in [0.1, 0.15) is 10.4 Å². The average molecular weight is 278 g/mol. The largest absolute Gasteiger partial charge is 0.494 e. The molecule has 0 aromatic heterocycles. The summed E-state index contributed by atoms with van der Waals surface area (Å²) in [6, 6.07) is 7.29. The lowest BCUT2D eigenvalue weighted by Gasteiger charge is -2.09. The number of rotatable bonds is 3. The number of nitrogens with two attached hydrogens (primary N) is 1. The Morgan fingerprint density at radius 2 is 1.95 bits per heavy atom. The molecule has 0 bridgehead atoms. The number of amides is 1. The van der Waals surface area contributed by atoms with Gasteiger partial charge in [0.25, 0.3) is 5.91 Å². The first kappa shape index (κ1) is 13.8. The molecule has 2 aromatic rings. The van der Waals surface area contributed by atoms with E-state index in [1.54, 1.807) is 0 Å². The van der Waals surface area contributed by atoms with Crippen molar-refractivity contribution in [2.45, 2.75) is 0 Å². The van der Waals surface area contributed by atoms with Crippen LogP contribution in [0.25, 0.3) is 0 Å². The van der Waals surface area contributed by atoms with Gasteiger partial charge < -0.3 is 15.8 Å². The molecule has 0 aliphatic rings. The third-order valence-corrected chi connectivity index (χ3v) is 2.68. The topological polar surface area (TPSA) is 64.3 Å². The molecule has 0 saturated carbocycles. The minimum absolute atomic E-state index is 0.0511. The first-order valence-corrected chi connectivity index (χ1v) is 5.71. The maximum absolute atomic E-state index is 13.3. The Kier molecular flexibility index (Phi) is 3.84. The molecule has 0 spiro atoms. The molecule has 0 unspecified atom stereocenters. The molecule has 2 aromatic carbocycles. The summed E-state index contributed by atoms with van der Waals surface area (Å²) in [4.78, 5) is 12.0. The molecule has 2 rings (SSSR count). The second kappa shape index (κ2) is 5.56. The van der Waals surface area contributed by atoms with Gasteiger partial charge in [0.15, 0.2) is 11.6 Å². The summed E-state index contributed by atoms with van der Waals surface area (Å²) in [6.07, 6.45) is 0. The van der Waals surface area contributed by atoms with Gasteiger partial charge in [-0.15, -0.1) is 0 Å². The Hall–Kier alpha value is -2.63.